The van der Waals surface area contributed by atoms with Crippen LogP contribution in [0.3, 0.4) is 0 Å². The lowest BCUT2D eigenvalue weighted by atomic mass is 10.2. The smallest absolute Gasteiger partial charge is 0.257 e. The van der Waals surface area contributed by atoms with Gasteiger partial charge in [-0.2, -0.15) is 0 Å². The molecule has 0 aliphatic carbocycles. The Morgan fingerprint density at radius 2 is 2.14 bits per heavy atom. The minimum absolute atomic E-state index is 0.0729. The van der Waals surface area contributed by atoms with Gasteiger partial charge in [0.15, 0.2) is 0 Å². The second kappa shape index (κ2) is 7.18. The van der Waals surface area contributed by atoms with Gasteiger partial charge in [-0.25, -0.2) is 4.39 Å². The Kier molecular flexibility index (Phi) is 5.53. The van der Waals surface area contributed by atoms with Gasteiger partial charge in [-0.15, -0.1) is 11.3 Å². The van der Waals surface area contributed by atoms with E-state index in [1.54, 1.807) is 12.1 Å². The summed E-state index contributed by atoms with van der Waals surface area (Å²) < 4.78 is 15.4. The molecule has 1 aromatic carbocycles. The molecule has 0 saturated heterocycles. The maximum atomic E-state index is 13.9. The molecule has 0 radical (unpaired) electrons. The number of anilines is 1. The number of aliphatic hydroxyl groups excluding tert-OH is 1. The largest absolute Gasteiger partial charge is 0.384 e. The summed E-state index contributed by atoms with van der Waals surface area (Å²) in [4.78, 5) is 12.1. The van der Waals surface area contributed by atoms with Crippen LogP contribution in [-0.2, 0) is 0 Å². The molecule has 0 bridgehead atoms. The fraction of sp³-hybridized carbons (Fsp3) is 0.0714. The molecule has 1 aromatic heterocycles. The van der Waals surface area contributed by atoms with E-state index in [0.717, 1.165) is 3.79 Å². The first kappa shape index (κ1) is 16.2. The highest BCUT2D eigenvalue weighted by Crippen LogP contribution is 2.32. The topological polar surface area (TPSA) is 49.3 Å². The quantitative estimate of drug-likeness (QED) is 0.704. The number of rotatable bonds is 2. The Balaban J connectivity index is 2.20. The Morgan fingerprint density at radius 1 is 1.38 bits per heavy atom. The van der Waals surface area contributed by atoms with Crippen molar-refractivity contribution in [2.45, 2.75) is 0 Å². The lowest BCUT2D eigenvalue weighted by Crippen LogP contribution is -2.12. The third kappa shape index (κ3) is 4.14. The van der Waals surface area contributed by atoms with Crippen molar-refractivity contribution in [3.05, 3.63) is 48.8 Å². The molecule has 0 atom stereocenters. The SMILES string of the molecule is O=C(Nc1ccc(C#CCO)cc1F)c1cc(Br)sc1Br. The van der Waals surface area contributed by atoms with Gasteiger partial charge in [0, 0.05) is 5.56 Å². The summed E-state index contributed by atoms with van der Waals surface area (Å²) in [5.41, 5.74) is 0.929. The first-order valence-electron chi connectivity index (χ1n) is 5.66. The molecule has 2 rings (SSSR count). The van der Waals surface area contributed by atoms with E-state index in [9.17, 15) is 9.18 Å². The van der Waals surface area contributed by atoms with Crippen LogP contribution in [0.1, 0.15) is 15.9 Å². The van der Waals surface area contributed by atoms with Crippen LogP contribution in [0.25, 0.3) is 0 Å². The van der Waals surface area contributed by atoms with Crippen molar-refractivity contribution in [3.63, 3.8) is 0 Å². The number of thiophene rings is 1. The zero-order valence-corrected chi connectivity index (χ0v) is 14.4. The highest BCUT2D eigenvalue weighted by atomic mass is 79.9. The number of benzene rings is 1. The van der Waals surface area contributed by atoms with Crippen LogP contribution in [0.15, 0.2) is 31.8 Å². The van der Waals surface area contributed by atoms with Gasteiger partial charge in [-0.1, -0.05) is 11.8 Å². The molecule has 0 aliphatic rings. The summed E-state index contributed by atoms with van der Waals surface area (Å²) >= 11 is 7.93. The van der Waals surface area contributed by atoms with E-state index in [-0.39, 0.29) is 12.3 Å². The summed E-state index contributed by atoms with van der Waals surface area (Å²) in [6, 6.07) is 5.86. The number of carbonyl (C=O) groups excluding carboxylic acids is 1. The molecule has 21 heavy (non-hydrogen) atoms. The molecule has 1 heterocycles. The van der Waals surface area contributed by atoms with Gasteiger partial charge in [-0.3, -0.25) is 4.79 Å². The van der Waals surface area contributed by atoms with Gasteiger partial charge >= 0.3 is 0 Å². The van der Waals surface area contributed by atoms with Crippen molar-refractivity contribution in [1.29, 1.82) is 0 Å². The fourth-order valence-electron chi connectivity index (χ4n) is 1.52. The van der Waals surface area contributed by atoms with E-state index >= 15 is 0 Å². The zero-order valence-electron chi connectivity index (χ0n) is 10.4. The summed E-state index contributed by atoms with van der Waals surface area (Å²) in [5.74, 6) is 4.03. The van der Waals surface area contributed by atoms with Gasteiger partial charge in [-0.05, 0) is 56.1 Å². The maximum Gasteiger partial charge on any atom is 0.257 e. The molecule has 2 N–H and O–H groups in total. The molecule has 0 saturated carbocycles. The number of halogens is 3. The van der Waals surface area contributed by atoms with Crippen LogP contribution < -0.4 is 5.32 Å². The lowest BCUT2D eigenvalue weighted by Gasteiger charge is -2.06. The van der Waals surface area contributed by atoms with Gasteiger partial charge < -0.3 is 10.4 Å². The zero-order chi connectivity index (χ0) is 15.4. The van der Waals surface area contributed by atoms with Crippen LogP contribution >= 0.6 is 43.2 Å². The highest BCUT2D eigenvalue weighted by Gasteiger charge is 2.15. The maximum absolute atomic E-state index is 13.9. The van der Waals surface area contributed by atoms with Gasteiger partial charge in [0.1, 0.15) is 12.4 Å². The van der Waals surface area contributed by atoms with E-state index in [1.165, 1.54) is 23.5 Å². The molecule has 2 aromatic rings. The van der Waals surface area contributed by atoms with Crippen LogP contribution in [0.4, 0.5) is 10.1 Å². The standard InChI is InChI=1S/C14H8Br2FNO2S/c15-12-7-9(13(16)21-12)14(20)18-11-4-3-8(2-1-5-19)6-10(11)17/h3-4,6-7,19H,5H2,(H,18,20). The van der Waals surface area contributed by atoms with Crippen LogP contribution in [0.5, 0.6) is 0 Å². The minimum Gasteiger partial charge on any atom is -0.384 e. The molecule has 0 unspecified atom stereocenters. The van der Waals surface area contributed by atoms with Crippen LogP contribution in [0.2, 0.25) is 0 Å². The Labute approximate surface area is 141 Å². The Hall–Kier alpha value is -1.20. The summed E-state index contributed by atoms with van der Waals surface area (Å²) in [6.07, 6.45) is 0. The van der Waals surface area contributed by atoms with Gasteiger partial charge in [0.25, 0.3) is 5.91 Å². The molecule has 0 fully saturated rings. The molecular weight excluding hydrogens is 425 g/mol. The van der Waals surface area contributed by atoms with E-state index < -0.39 is 11.7 Å². The van der Waals surface area contributed by atoms with Gasteiger partial charge in [0.05, 0.1) is 18.8 Å². The van der Waals surface area contributed by atoms with Gasteiger partial charge in [0.2, 0.25) is 0 Å². The van der Waals surface area contributed by atoms with E-state index in [0.29, 0.717) is 14.9 Å². The number of nitrogens with one attached hydrogen (secondary N) is 1. The van der Waals surface area contributed by atoms with Crippen molar-refractivity contribution < 1.29 is 14.3 Å². The predicted molar refractivity (Wildman–Crippen MR) is 88.0 cm³/mol. The molecule has 0 spiro atoms. The summed E-state index contributed by atoms with van der Waals surface area (Å²) in [6.45, 7) is -0.291. The monoisotopic (exact) mass is 431 g/mol. The van der Waals surface area contributed by atoms with E-state index in [4.69, 9.17) is 5.11 Å². The second-order valence-corrected chi connectivity index (χ2v) is 7.60. The molecule has 3 nitrogen and oxygen atoms in total. The number of hydrogen-bond donors (Lipinski definition) is 2. The number of aliphatic hydroxyl groups is 1. The van der Waals surface area contributed by atoms with E-state index in [1.807, 2.05) is 0 Å². The number of hydrogen-bond acceptors (Lipinski definition) is 3. The van der Waals surface area contributed by atoms with Crippen molar-refractivity contribution >= 4 is 54.8 Å². The normalized spacial score (nSPS) is 9.90. The average molecular weight is 433 g/mol. The number of amides is 1. The fourth-order valence-corrected chi connectivity index (χ4v) is 4.31. The average Bonchev–Trinajstić information content (AvgIpc) is 2.78. The van der Waals surface area contributed by atoms with Crippen LogP contribution in [-0.4, -0.2) is 17.6 Å². The number of carbonyl (C=O) groups is 1. The summed E-state index contributed by atoms with van der Waals surface area (Å²) in [7, 11) is 0. The van der Waals surface area contributed by atoms with Crippen molar-refractivity contribution in [1.82, 2.24) is 0 Å². The molecule has 1 amide bonds. The Bertz CT molecular complexity index is 749. The van der Waals surface area contributed by atoms with Crippen LogP contribution in [0, 0.1) is 17.7 Å². The van der Waals surface area contributed by atoms with Crippen molar-refractivity contribution in [3.8, 4) is 11.8 Å². The second-order valence-electron chi connectivity index (χ2n) is 3.85. The predicted octanol–water partition coefficient (Wildman–Crippen LogP) is 4.01. The lowest BCUT2D eigenvalue weighted by molar-refractivity contribution is 0.102. The third-order valence-corrected chi connectivity index (χ3v) is 4.77. The highest BCUT2D eigenvalue weighted by molar-refractivity contribution is 9.12. The van der Waals surface area contributed by atoms with Crippen molar-refractivity contribution in [2.24, 2.45) is 0 Å². The third-order valence-electron chi connectivity index (χ3n) is 2.43. The first-order chi connectivity index (χ1) is 10.0. The molecule has 108 valence electrons. The summed E-state index contributed by atoms with van der Waals surface area (Å²) in [5, 5.41) is 11.1. The molecule has 0 aliphatic heterocycles. The minimum atomic E-state index is -0.585. The Morgan fingerprint density at radius 3 is 2.71 bits per heavy atom. The van der Waals surface area contributed by atoms with Crippen molar-refractivity contribution in [2.75, 3.05) is 11.9 Å². The first-order valence-corrected chi connectivity index (χ1v) is 8.07. The molecular formula is C14H8Br2FNO2S. The van der Waals surface area contributed by atoms with E-state index in [2.05, 4.69) is 49.0 Å². The molecule has 7 heteroatoms.